The molecule has 0 radical (unpaired) electrons. The van der Waals surface area contributed by atoms with E-state index >= 15 is 0 Å². The Morgan fingerprint density at radius 2 is 1.85 bits per heavy atom. The molecule has 0 atom stereocenters. The lowest BCUT2D eigenvalue weighted by atomic mass is 10.2. The van der Waals surface area contributed by atoms with Gasteiger partial charge in [-0.1, -0.05) is 30.3 Å². The molecule has 7 nitrogen and oxygen atoms in total. The number of carbonyl (C=O) groups is 2. The zero-order chi connectivity index (χ0) is 19.2. The minimum Gasteiger partial charge on any atom is -0.350 e. The monoisotopic (exact) mass is 367 g/mol. The van der Waals surface area contributed by atoms with E-state index in [2.05, 4.69) is 40.8 Å². The van der Waals surface area contributed by atoms with Gasteiger partial charge in [-0.25, -0.2) is 9.97 Å². The quantitative estimate of drug-likeness (QED) is 0.728. The second-order valence-electron chi connectivity index (χ2n) is 6.90. The maximum Gasteiger partial charge on any atom is 0.272 e. The molecule has 3 rings (SSSR count). The fraction of sp³-hybridized carbons (Fsp3) is 0.400. The molecule has 0 aliphatic carbocycles. The molecule has 0 bridgehead atoms. The molecule has 1 aliphatic rings. The number of aromatic nitrogens is 2. The van der Waals surface area contributed by atoms with Crippen LogP contribution in [0.2, 0.25) is 0 Å². The summed E-state index contributed by atoms with van der Waals surface area (Å²) in [6.45, 7) is 7.07. The Balaban J connectivity index is 1.77. The average Bonchev–Trinajstić information content (AvgIpc) is 2.72. The van der Waals surface area contributed by atoms with E-state index in [-0.39, 0.29) is 11.9 Å². The van der Waals surface area contributed by atoms with Crippen LogP contribution in [0, 0.1) is 0 Å². The van der Waals surface area contributed by atoms with E-state index in [1.54, 1.807) is 15.9 Å². The number of hydrogen-bond acceptors (Lipinski definition) is 5. The van der Waals surface area contributed by atoms with Crippen LogP contribution in [0.5, 0.6) is 0 Å². The Labute approximate surface area is 159 Å². The largest absolute Gasteiger partial charge is 0.350 e. The molecule has 2 aromatic rings. The first-order valence-corrected chi connectivity index (χ1v) is 9.19. The van der Waals surface area contributed by atoms with Gasteiger partial charge in [-0.2, -0.15) is 0 Å². The van der Waals surface area contributed by atoms with Gasteiger partial charge in [-0.3, -0.25) is 9.59 Å². The number of anilines is 1. The van der Waals surface area contributed by atoms with Crippen molar-refractivity contribution >= 4 is 18.1 Å². The molecule has 1 aromatic carbocycles. The van der Waals surface area contributed by atoms with E-state index in [1.165, 1.54) is 11.9 Å². The Hall–Kier alpha value is -2.96. The van der Waals surface area contributed by atoms with Crippen LogP contribution >= 0.6 is 0 Å². The summed E-state index contributed by atoms with van der Waals surface area (Å²) in [6, 6.07) is 12.2. The lowest BCUT2D eigenvalue weighted by Gasteiger charge is -2.32. The maximum absolute atomic E-state index is 12.8. The molecular weight excluding hydrogens is 342 g/mol. The van der Waals surface area contributed by atoms with Crippen molar-refractivity contribution in [3.05, 3.63) is 54.0 Å². The minimum atomic E-state index is -0.118. The number of piperazine rings is 1. The van der Waals surface area contributed by atoms with Crippen LogP contribution in [0.3, 0.4) is 0 Å². The van der Waals surface area contributed by atoms with E-state index in [0.717, 1.165) is 12.2 Å². The van der Waals surface area contributed by atoms with Crippen molar-refractivity contribution in [3.8, 4) is 0 Å². The summed E-state index contributed by atoms with van der Waals surface area (Å²) in [5.41, 5.74) is 1.57. The molecule has 1 aromatic heterocycles. The highest BCUT2D eigenvalue weighted by Crippen LogP contribution is 2.19. The first kappa shape index (κ1) is 18.8. The van der Waals surface area contributed by atoms with Crippen molar-refractivity contribution in [2.45, 2.75) is 26.4 Å². The van der Waals surface area contributed by atoms with E-state index in [4.69, 9.17) is 0 Å². The van der Waals surface area contributed by atoms with Gasteiger partial charge < -0.3 is 14.7 Å². The molecule has 2 heterocycles. The lowest BCUT2D eigenvalue weighted by molar-refractivity contribution is -0.119. The van der Waals surface area contributed by atoms with Crippen LogP contribution in [0.15, 0.2) is 42.7 Å². The molecule has 1 fully saturated rings. The van der Waals surface area contributed by atoms with E-state index in [9.17, 15) is 9.59 Å². The van der Waals surface area contributed by atoms with Gasteiger partial charge in [0.25, 0.3) is 5.91 Å². The molecule has 27 heavy (non-hydrogen) atoms. The number of carbonyl (C=O) groups excluding carboxylic acids is 2. The predicted octanol–water partition coefficient (Wildman–Crippen LogP) is 1.81. The average molecular weight is 367 g/mol. The van der Waals surface area contributed by atoms with Crippen LogP contribution in [-0.4, -0.2) is 64.3 Å². The fourth-order valence-electron chi connectivity index (χ4n) is 3.12. The molecule has 1 saturated heterocycles. The molecule has 2 amide bonds. The van der Waals surface area contributed by atoms with Crippen LogP contribution in [0.1, 0.15) is 29.9 Å². The standard InChI is InChI=1S/C20H25N5O2/c1-16(2)25(13-17-6-4-3-5-7-17)19-12-18(21-14-22-19)20(27)24-10-8-23(15-26)9-11-24/h3-7,12,14-16H,8-11,13H2,1-2H3. The van der Waals surface area contributed by atoms with Gasteiger partial charge in [0.15, 0.2) is 0 Å². The number of nitrogens with zero attached hydrogens (tertiary/aromatic N) is 5. The highest BCUT2D eigenvalue weighted by Gasteiger charge is 2.23. The van der Waals surface area contributed by atoms with Gasteiger partial charge in [-0.15, -0.1) is 0 Å². The van der Waals surface area contributed by atoms with Gasteiger partial charge >= 0.3 is 0 Å². The van der Waals surface area contributed by atoms with Gasteiger partial charge in [0, 0.05) is 44.8 Å². The molecule has 0 N–H and O–H groups in total. The number of rotatable bonds is 6. The SMILES string of the molecule is CC(C)N(Cc1ccccc1)c1cc(C(=O)N2CCN(C=O)CC2)ncn1. The molecule has 142 valence electrons. The summed E-state index contributed by atoms with van der Waals surface area (Å²) in [7, 11) is 0. The molecular formula is C20H25N5O2. The third-order valence-corrected chi connectivity index (χ3v) is 4.74. The summed E-state index contributed by atoms with van der Waals surface area (Å²) in [5.74, 6) is 0.617. The molecule has 1 aliphatic heterocycles. The van der Waals surface area contributed by atoms with Crippen LogP contribution < -0.4 is 4.90 Å². The second-order valence-corrected chi connectivity index (χ2v) is 6.90. The fourth-order valence-corrected chi connectivity index (χ4v) is 3.12. The van der Waals surface area contributed by atoms with Crippen molar-refractivity contribution in [2.75, 3.05) is 31.1 Å². The van der Waals surface area contributed by atoms with Gasteiger partial charge in [-0.05, 0) is 19.4 Å². The van der Waals surface area contributed by atoms with Crippen molar-refractivity contribution in [1.29, 1.82) is 0 Å². The van der Waals surface area contributed by atoms with Gasteiger partial charge in [0.2, 0.25) is 6.41 Å². The van der Waals surface area contributed by atoms with Crippen LogP contribution in [-0.2, 0) is 11.3 Å². The van der Waals surface area contributed by atoms with E-state index < -0.39 is 0 Å². The Kier molecular flexibility index (Phi) is 6.01. The second kappa shape index (κ2) is 8.62. The Morgan fingerprint density at radius 1 is 1.15 bits per heavy atom. The third kappa shape index (κ3) is 4.61. The number of hydrogen-bond donors (Lipinski definition) is 0. The summed E-state index contributed by atoms with van der Waals surface area (Å²) in [5, 5.41) is 0. The maximum atomic E-state index is 12.8. The first-order valence-electron chi connectivity index (χ1n) is 9.19. The smallest absolute Gasteiger partial charge is 0.272 e. The van der Waals surface area contributed by atoms with E-state index in [0.29, 0.717) is 38.4 Å². The Bertz CT molecular complexity index is 773. The number of amides is 2. The van der Waals surface area contributed by atoms with E-state index in [1.807, 2.05) is 18.2 Å². The zero-order valence-corrected chi connectivity index (χ0v) is 15.8. The number of benzene rings is 1. The highest BCUT2D eigenvalue weighted by molar-refractivity contribution is 5.93. The summed E-state index contributed by atoms with van der Waals surface area (Å²) >= 11 is 0. The lowest BCUT2D eigenvalue weighted by Crippen LogP contribution is -2.48. The topological polar surface area (TPSA) is 69.6 Å². The van der Waals surface area contributed by atoms with Gasteiger partial charge in [0.1, 0.15) is 17.8 Å². The molecule has 0 unspecified atom stereocenters. The van der Waals surface area contributed by atoms with Crippen molar-refractivity contribution in [3.63, 3.8) is 0 Å². The molecule has 0 spiro atoms. The van der Waals surface area contributed by atoms with Crippen LogP contribution in [0.4, 0.5) is 5.82 Å². The van der Waals surface area contributed by atoms with Crippen molar-refractivity contribution in [2.24, 2.45) is 0 Å². The zero-order valence-electron chi connectivity index (χ0n) is 15.8. The predicted molar refractivity (Wildman–Crippen MR) is 103 cm³/mol. The molecule has 0 saturated carbocycles. The summed E-state index contributed by atoms with van der Waals surface area (Å²) in [6.07, 6.45) is 2.28. The van der Waals surface area contributed by atoms with Crippen molar-refractivity contribution in [1.82, 2.24) is 19.8 Å². The molecule has 7 heteroatoms. The summed E-state index contributed by atoms with van der Waals surface area (Å²) in [4.78, 5) is 37.8. The summed E-state index contributed by atoms with van der Waals surface area (Å²) < 4.78 is 0. The Morgan fingerprint density at radius 3 is 2.48 bits per heavy atom. The van der Waals surface area contributed by atoms with Gasteiger partial charge in [0.05, 0.1) is 0 Å². The van der Waals surface area contributed by atoms with Crippen molar-refractivity contribution < 1.29 is 9.59 Å². The van der Waals surface area contributed by atoms with Crippen LogP contribution in [0.25, 0.3) is 0 Å². The first-order chi connectivity index (χ1) is 13.1. The highest BCUT2D eigenvalue weighted by atomic mass is 16.2. The normalized spacial score (nSPS) is 14.3. The minimum absolute atomic E-state index is 0.118. The third-order valence-electron chi connectivity index (χ3n) is 4.74.